The fraction of sp³-hybridized carbons (Fsp3) is 0.538. The van der Waals surface area contributed by atoms with E-state index in [2.05, 4.69) is 42.2 Å². The van der Waals surface area contributed by atoms with Crippen molar-refractivity contribution in [1.29, 1.82) is 0 Å². The van der Waals surface area contributed by atoms with E-state index in [-0.39, 0.29) is 0 Å². The summed E-state index contributed by atoms with van der Waals surface area (Å²) in [6.45, 7) is 4.52. The molecule has 0 unspecified atom stereocenters. The van der Waals surface area contributed by atoms with Gasteiger partial charge in [0.05, 0.1) is 0 Å². The van der Waals surface area contributed by atoms with Gasteiger partial charge in [0, 0.05) is 25.2 Å². The van der Waals surface area contributed by atoms with Crippen molar-refractivity contribution in [2.45, 2.75) is 31.8 Å². The minimum atomic E-state index is 0.392. The number of nitrogens with two attached hydrogens (primary N) is 1. The average Bonchev–Trinajstić information content (AvgIpc) is 2.66. The van der Waals surface area contributed by atoms with Gasteiger partial charge in [-0.25, -0.2) is 0 Å². The third-order valence-electron chi connectivity index (χ3n) is 3.25. The highest BCUT2D eigenvalue weighted by molar-refractivity contribution is 5.15. The molecule has 0 saturated carbocycles. The summed E-state index contributed by atoms with van der Waals surface area (Å²) in [5, 5.41) is 0. The maximum absolute atomic E-state index is 5.91. The molecule has 1 aliphatic rings. The molecule has 1 saturated heterocycles. The normalized spacial score (nSPS) is 24.3. The van der Waals surface area contributed by atoms with Crippen molar-refractivity contribution < 1.29 is 0 Å². The molecule has 1 aromatic carbocycles. The molecule has 0 aromatic heterocycles. The molecule has 2 nitrogen and oxygen atoms in total. The predicted octanol–water partition coefficient (Wildman–Crippen LogP) is 1.65. The minimum absolute atomic E-state index is 0.392. The largest absolute Gasteiger partial charge is 0.326 e. The van der Waals surface area contributed by atoms with Gasteiger partial charge in [0.1, 0.15) is 0 Å². The molecule has 2 rings (SSSR count). The van der Waals surface area contributed by atoms with E-state index in [1.807, 2.05) is 0 Å². The van der Waals surface area contributed by atoms with Crippen LogP contribution in [0.15, 0.2) is 30.3 Å². The highest BCUT2D eigenvalue weighted by Gasteiger charge is 2.23. The molecule has 2 heteroatoms. The maximum atomic E-state index is 5.91. The Bertz CT molecular complexity index is 297. The van der Waals surface area contributed by atoms with Gasteiger partial charge in [-0.05, 0) is 25.3 Å². The first kappa shape index (κ1) is 10.7. The highest BCUT2D eigenvalue weighted by atomic mass is 15.2. The Labute approximate surface area is 92.1 Å². The van der Waals surface area contributed by atoms with Crippen LogP contribution < -0.4 is 5.73 Å². The molecule has 0 bridgehead atoms. The lowest BCUT2D eigenvalue weighted by Gasteiger charge is -2.24. The summed E-state index contributed by atoms with van der Waals surface area (Å²) < 4.78 is 0. The number of hydrogen-bond acceptors (Lipinski definition) is 2. The highest BCUT2D eigenvalue weighted by Crippen LogP contribution is 2.14. The van der Waals surface area contributed by atoms with Crippen LogP contribution in [0.25, 0.3) is 0 Å². The molecule has 0 amide bonds. The molecular formula is C13H20N2. The molecule has 15 heavy (non-hydrogen) atoms. The molecular weight excluding hydrogens is 184 g/mol. The number of nitrogens with zero attached hydrogens (tertiary/aromatic N) is 1. The SMILES string of the molecule is C[C@H](Cc1ccccc1)N1CC[C@H](N)C1. The topological polar surface area (TPSA) is 29.3 Å². The lowest BCUT2D eigenvalue weighted by Crippen LogP contribution is -2.34. The van der Waals surface area contributed by atoms with Crippen LogP contribution in [-0.2, 0) is 6.42 Å². The van der Waals surface area contributed by atoms with E-state index in [4.69, 9.17) is 5.73 Å². The molecule has 1 heterocycles. The van der Waals surface area contributed by atoms with Crippen LogP contribution in [0.5, 0.6) is 0 Å². The molecule has 2 N–H and O–H groups in total. The summed E-state index contributed by atoms with van der Waals surface area (Å²) >= 11 is 0. The van der Waals surface area contributed by atoms with E-state index in [1.54, 1.807) is 0 Å². The maximum Gasteiger partial charge on any atom is 0.0180 e. The quantitative estimate of drug-likeness (QED) is 0.811. The van der Waals surface area contributed by atoms with Crippen molar-refractivity contribution in [3.8, 4) is 0 Å². The first-order valence-electron chi connectivity index (χ1n) is 5.79. The summed E-state index contributed by atoms with van der Waals surface area (Å²) in [4.78, 5) is 2.50. The van der Waals surface area contributed by atoms with Crippen LogP contribution >= 0.6 is 0 Å². The summed E-state index contributed by atoms with van der Waals surface area (Å²) in [6, 6.07) is 11.7. The first-order valence-corrected chi connectivity index (χ1v) is 5.79. The first-order chi connectivity index (χ1) is 7.25. The standard InChI is InChI=1S/C13H20N2/c1-11(15-8-7-13(14)10-15)9-12-5-3-2-4-6-12/h2-6,11,13H,7-10,14H2,1H3/t11-,13+/m1/s1. The second-order valence-corrected chi connectivity index (χ2v) is 4.58. The molecule has 0 aliphatic carbocycles. The molecule has 1 aliphatic heterocycles. The number of hydrogen-bond donors (Lipinski definition) is 1. The van der Waals surface area contributed by atoms with Crippen LogP contribution in [0.3, 0.4) is 0 Å². The third-order valence-corrected chi connectivity index (χ3v) is 3.25. The van der Waals surface area contributed by atoms with Crippen LogP contribution in [-0.4, -0.2) is 30.1 Å². The van der Waals surface area contributed by atoms with Crippen molar-refractivity contribution in [1.82, 2.24) is 4.90 Å². The second-order valence-electron chi connectivity index (χ2n) is 4.58. The van der Waals surface area contributed by atoms with Gasteiger partial charge in [-0.2, -0.15) is 0 Å². The van der Waals surface area contributed by atoms with Crippen molar-refractivity contribution >= 4 is 0 Å². The van der Waals surface area contributed by atoms with E-state index in [0.29, 0.717) is 12.1 Å². The van der Waals surface area contributed by atoms with E-state index >= 15 is 0 Å². The Hall–Kier alpha value is -0.860. The van der Waals surface area contributed by atoms with Gasteiger partial charge in [-0.3, -0.25) is 4.90 Å². The van der Waals surface area contributed by atoms with Crippen molar-refractivity contribution in [3.05, 3.63) is 35.9 Å². The monoisotopic (exact) mass is 204 g/mol. The predicted molar refractivity (Wildman–Crippen MR) is 63.8 cm³/mol. The van der Waals surface area contributed by atoms with Gasteiger partial charge in [-0.15, -0.1) is 0 Å². The van der Waals surface area contributed by atoms with Crippen LogP contribution in [0.2, 0.25) is 0 Å². The van der Waals surface area contributed by atoms with Gasteiger partial charge in [-0.1, -0.05) is 30.3 Å². The fourth-order valence-electron chi connectivity index (χ4n) is 2.30. The lowest BCUT2D eigenvalue weighted by atomic mass is 10.1. The van der Waals surface area contributed by atoms with E-state index < -0.39 is 0 Å². The Morgan fingerprint density at radius 3 is 2.73 bits per heavy atom. The van der Waals surface area contributed by atoms with Gasteiger partial charge in [0.25, 0.3) is 0 Å². The fourth-order valence-corrected chi connectivity index (χ4v) is 2.30. The summed E-state index contributed by atoms with van der Waals surface area (Å²) in [7, 11) is 0. The Morgan fingerprint density at radius 2 is 2.13 bits per heavy atom. The zero-order valence-corrected chi connectivity index (χ0v) is 9.39. The van der Waals surface area contributed by atoms with Crippen LogP contribution in [0, 0.1) is 0 Å². The Morgan fingerprint density at radius 1 is 1.40 bits per heavy atom. The van der Waals surface area contributed by atoms with Crippen molar-refractivity contribution in [3.63, 3.8) is 0 Å². The molecule has 0 radical (unpaired) electrons. The van der Waals surface area contributed by atoms with E-state index in [1.165, 1.54) is 5.56 Å². The van der Waals surface area contributed by atoms with E-state index in [0.717, 1.165) is 25.9 Å². The molecule has 2 atom stereocenters. The van der Waals surface area contributed by atoms with Gasteiger partial charge in [0.15, 0.2) is 0 Å². The molecule has 82 valence electrons. The smallest absolute Gasteiger partial charge is 0.0180 e. The van der Waals surface area contributed by atoms with E-state index in [9.17, 15) is 0 Å². The second kappa shape index (κ2) is 4.77. The number of rotatable bonds is 3. The lowest BCUT2D eigenvalue weighted by molar-refractivity contribution is 0.254. The van der Waals surface area contributed by atoms with Crippen molar-refractivity contribution in [2.75, 3.05) is 13.1 Å². The van der Waals surface area contributed by atoms with Crippen LogP contribution in [0.4, 0.5) is 0 Å². The summed E-state index contributed by atoms with van der Waals surface area (Å²) in [5.41, 5.74) is 7.34. The zero-order valence-electron chi connectivity index (χ0n) is 9.39. The van der Waals surface area contributed by atoms with Crippen molar-refractivity contribution in [2.24, 2.45) is 5.73 Å². The zero-order chi connectivity index (χ0) is 10.7. The molecule has 0 spiro atoms. The van der Waals surface area contributed by atoms with Gasteiger partial charge < -0.3 is 5.73 Å². The van der Waals surface area contributed by atoms with Gasteiger partial charge >= 0.3 is 0 Å². The average molecular weight is 204 g/mol. The number of likely N-dealkylation sites (tertiary alicyclic amines) is 1. The van der Waals surface area contributed by atoms with Crippen LogP contribution in [0.1, 0.15) is 18.9 Å². The molecule has 1 fully saturated rings. The number of benzene rings is 1. The summed E-state index contributed by atoms with van der Waals surface area (Å²) in [6.07, 6.45) is 2.28. The van der Waals surface area contributed by atoms with Gasteiger partial charge in [0.2, 0.25) is 0 Å². The Kier molecular flexibility index (Phi) is 3.39. The Balaban J connectivity index is 1.90. The minimum Gasteiger partial charge on any atom is -0.326 e. The summed E-state index contributed by atoms with van der Waals surface area (Å²) in [5.74, 6) is 0. The molecule has 1 aromatic rings. The third kappa shape index (κ3) is 2.80.